The lowest BCUT2D eigenvalue weighted by Crippen LogP contribution is -2.59. The number of rotatable bonds is 21. The molecule has 43 heavy (non-hydrogen) atoms. The number of carboxylic acids is 1. The summed E-state index contributed by atoms with van der Waals surface area (Å²) in [7, 11) is 0. The third-order valence-electron chi connectivity index (χ3n) is 6.98. The Hall–Kier alpha value is -3.45. The Kier molecular flexibility index (Phi) is 21.0. The molecule has 0 aromatic carbocycles. The van der Waals surface area contributed by atoms with Crippen LogP contribution in [0, 0.1) is 0 Å². The molecule has 0 aliphatic heterocycles. The Morgan fingerprint density at radius 3 is 1.74 bits per heavy atom. The van der Waals surface area contributed by atoms with Gasteiger partial charge in [-0.1, -0.05) is 93.7 Å². The molecule has 0 saturated carbocycles. The summed E-state index contributed by atoms with van der Waals surface area (Å²) >= 11 is 0. The first-order valence-electron chi connectivity index (χ1n) is 15.9. The van der Waals surface area contributed by atoms with E-state index in [-0.39, 0.29) is 36.3 Å². The molecule has 3 N–H and O–H groups in total. The fourth-order valence-corrected chi connectivity index (χ4v) is 4.64. The minimum atomic E-state index is -1.04. The number of allylic oxidation sites excluding steroid dienone is 12. The number of hydrogen-bond donors (Lipinski definition) is 3. The molecule has 7 nitrogen and oxygen atoms in total. The summed E-state index contributed by atoms with van der Waals surface area (Å²) in [5, 5.41) is 15.5. The summed E-state index contributed by atoms with van der Waals surface area (Å²) in [5.74, 6) is -1.49. The van der Waals surface area contributed by atoms with Crippen LogP contribution in [-0.4, -0.2) is 47.2 Å². The van der Waals surface area contributed by atoms with Crippen molar-refractivity contribution in [2.75, 3.05) is 0 Å². The number of carboxylic acid groups (broad SMARTS) is 1. The van der Waals surface area contributed by atoms with Crippen LogP contribution >= 0.6 is 0 Å². The molecular formula is C36H54N2O5. The molecule has 0 bridgehead atoms. The van der Waals surface area contributed by atoms with Crippen LogP contribution in [0.25, 0.3) is 0 Å². The Balaban J connectivity index is 2.43. The maximum absolute atomic E-state index is 12.7. The van der Waals surface area contributed by atoms with Crippen LogP contribution in [0.2, 0.25) is 0 Å². The van der Waals surface area contributed by atoms with Crippen LogP contribution in [0.4, 0.5) is 0 Å². The minimum absolute atomic E-state index is 0.0740. The van der Waals surface area contributed by atoms with Crippen molar-refractivity contribution in [2.24, 2.45) is 0 Å². The first kappa shape index (κ1) is 37.6. The summed E-state index contributed by atoms with van der Waals surface area (Å²) in [6.07, 6.45) is 34.7. The molecule has 0 spiro atoms. The second-order valence-corrected chi connectivity index (χ2v) is 10.6. The third kappa shape index (κ3) is 18.0. The van der Waals surface area contributed by atoms with Crippen molar-refractivity contribution >= 4 is 17.8 Å². The number of carbonyl (C=O) groups excluding carboxylic acids is 2. The van der Waals surface area contributed by atoms with E-state index in [4.69, 9.17) is 4.74 Å². The van der Waals surface area contributed by atoms with E-state index < -0.39 is 24.2 Å². The van der Waals surface area contributed by atoms with Crippen molar-refractivity contribution in [1.82, 2.24) is 10.6 Å². The lowest BCUT2D eigenvalue weighted by Gasteiger charge is -2.38. The zero-order valence-corrected chi connectivity index (χ0v) is 26.7. The van der Waals surface area contributed by atoms with Gasteiger partial charge in [0.25, 0.3) is 0 Å². The quantitative estimate of drug-likeness (QED) is 0.120. The van der Waals surface area contributed by atoms with E-state index in [9.17, 15) is 19.5 Å². The van der Waals surface area contributed by atoms with E-state index in [0.717, 1.165) is 51.4 Å². The monoisotopic (exact) mass is 594 g/mol. The standard InChI is InChI=1S/C36H54N2O5/c1-5-8-9-10-11-12-13-14-15-16-17-18-19-20-21-22-23-24-25-26-34(40)38-32-27-30(36(41)42)28-33(35(32)37-29(4)39)43-31(6-2)7-3/h8-9,11-12,14-15,17-18,20-21,23-24,28,31-33,35H,5-7,10,13,16,19,22,25-27H2,1-4H3,(H,37,39)(H,38,40)(H,41,42)/b9-8-,12-11-,15-14-,18-17-,21-20-,24-23-. The van der Waals surface area contributed by atoms with Crippen LogP contribution in [0.1, 0.15) is 98.3 Å². The predicted octanol–water partition coefficient (Wildman–Crippen LogP) is 7.44. The highest BCUT2D eigenvalue weighted by Crippen LogP contribution is 2.25. The van der Waals surface area contributed by atoms with Gasteiger partial charge in [0.05, 0.1) is 24.3 Å². The molecule has 0 aromatic heterocycles. The van der Waals surface area contributed by atoms with Crippen molar-refractivity contribution in [3.05, 3.63) is 84.6 Å². The fraction of sp³-hybridized carbons (Fsp3) is 0.528. The molecule has 3 unspecified atom stereocenters. The highest BCUT2D eigenvalue weighted by molar-refractivity contribution is 5.87. The second kappa shape index (κ2) is 24.0. The van der Waals surface area contributed by atoms with Gasteiger partial charge in [-0.2, -0.15) is 0 Å². The topological polar surface area (TPSA) is 105 Å². The molecular weight excluding hydrogens is 540 g/mol. The Morgan fingerprint density at radius 1 is 0.814 bits per heavy atom. The van der Waals surface area contributed by atoms with Gasteiger partial charge < -0.3 is 20.5 Å². The molecule has 3 atom stereocenters. The van der Waals surface area contributed by atoms with E-state index in [1.165, 1.54) is 6.92 Å². The number of nitrogens with one attached hydrogen (secondary N) is 2. The number of ether oxygens (including phenoxy) is 1. The summed E-state index contributed by atoms with van der Waals surface area (Å²) in [4.78, 5) is 36.5. The maximum Gasteiger partial charge on any atom is 0.331 e. The van der Waals surface area contributed by atoms with Gasteiger partial charge in [0, 0.05) is 25.3 Å². The predicted molar refractivity (Wildman–Crippen MR) is 177 cm³/mol. The van der Waals surface area contributed by atoms with Gasteiger partial charge in [-0.3, -0.25) is 9.59 Å². The Bertz CT molecular complexity index is 1030. The van der Waals surface area contributed by atoms with E-state index in [1.54, 1.807) is 6.08 Å². The average molecular weight is 595 g/mol. The molecule has 1 aliphatic carbocycles. The zero-order valence-electron chi connectivity index (χ0n) is 26.7. The number of hydrogen-bond acceptors (Lipinski definition) is 4. The zero-order chi connectivity index (χ0) is 31.7. The molecule has 0 saturated heterocycles. The molecule has 0 radical (unpaired) electrons. The van der Waals surface area contributed by atoms with E-state index >= 15 is 0 Å². The minimum Gasteiger partial charge on any atom is -0.478 e. The summed E-state index contributed by atoms with van der Waals surface area (Å²) < 4.78 is 6.16. The molecule has 0 heterocycles. The van der Waals surface area contributed by atoms with E-state index in [2.05, 4.69) is 78.3 Å². The first-order valence-corrected chi connectivity index (χ1v) is 15.9. The van der Waals surface area contributed by atoms with Crippen LogP contribution < -0.4 is 10.6 Å². The van der Waals surface area contributed by atoms with Gasteiger partial charge in [0.1, 0.15) is 0 Å². The highest BCUT2D eigenvalue weighted by atomic mass is 16.5. The van der Waals surface area contributed by atoms with E-state index in [0.29, 0.717) is 6.42 Å². The van der Waals surface area contributed by atoms with Gasteiger partial charge in [-0.05, 0) is 63.9 Å². The number of aliphatic carboxylic acids is 1. The Morgan fingerprint density at radius 2 is 1.30 bits per heavy atom. The molecule has 2 amide bonds. The largest absolute Gasteiger partial charge is 0.478 e. The van der Waals surface area contributed by atoms with Gasteiger partial charge in [-0.15, -0.1) is 0 Å². The van der Waals surface area contributed by atoms with Crippen molar-refractivity contribution < 1.29 is 24.2 Å². The fourth-order valence-electron chi connectivity index (χ4n) is 4.64. The highest BCUT2D eigenvalue weighted by Gasteiger charge is 2.38. The van der Waals surface area contributed by atoms with Crippen LogP contribution in [-0.2, 0) is 19.1 Å². The van der Waals surface area contributed by atoms with Crippen LogP contribution in [0.15, 0.2) is 84.6 Å². The molecule has 7 heteroatoms. The van der Waals surface area contributed by atoms with Crippen LogP contribution in [0.3, 0.4) is 0 Å². The smallest absolute Gasteiger partial charge is 0.331 e. The lowest BCUT2D eigenvalue weighted by molar-refractivity contribution is -0.134. The normalized spacial score (nSPS) is 19.6. The van der Waals surface area contributed by atoms with Gasteiger partial charge >= 0.3 is 5.97 Å². The SMILES string of the molecule is CC/C=C\C/C=C\C/C=C\C/C=C\C/C=C\C/C=C\CCC(=O)NC1CC(C(=O)O)=CC(OC(CC)CC)C1NC(C)=O. The van der Waals surface area contributed by atoms with Crippen molar-refractivity contribution in [1.29, 1.82) is 0 Å². The van der Waals surface area contributed by atoms with Gasteiger partial charge in [-0.25, -0.2) is 4.79 Å². The van der Waals surface area contributed by atoms with Crippen molar-refractivity contribution in [3.8, 4) is 0 Å². The lowest BCUT2D eigenvalue weighted by atomic mass is 9.87. The van der Waals surface area contributed by atoms with Crippen molar-refractivity contribution in [2.45, 2.75) is 123 Å². The number of carbonyl (C=O) groups is 3. The van der Waals surface area contributed by atoms with Crippen LogP contribution in [0.5, 0.6) is 0 Å². The first-order chi connectivity index (χ1) is 20.8. The average Bonchev–Trinajstić information content (AvgIpc) is 2.98. The molecule has 1 aliphatic rings. The number of amides is 2. The maximum atomic E-state index is 12.7. The summed E-state index contributed by atoms with van der Waals surface area (Å²) in [6.45, 7) is 7.55. The summed E-state index contributed by atoms with van der Waals surface area (Å²) in [6, 6.07) is -1.12. The van der Waals surface area contributed by atoms with Gasteiger partial charge in [0.2, 0.25) is 11.8 Å². The van der Waals surface area contributed by atoms with E-state index in [1.807, 2.05) is 26.0 Å². The van der Waals surface area contributed by atoms with Crippen molar-refractivity contribution in [3.63, 3.8) is 0 Å². The third-order valence-corrected chi connectivity index (χ3v) is 6.98. The Labute approximate surface area is 259 Å². The molecule has 238 valence electrons. The summed E-state index contributed by atoms with van der Waals surface area (Å²) in [5.41, 5.74) is 0.180. The molecule has 0 aromatic rings. The second-order valence-electron chi connectivity index (χ2n) is 10.6. The molecule has 0 fully saturated rings. The van der Waals surface area contributed by atoms with Gasteiger partial charge in [0.15, 0.2) is 0 Å². The molecule has 1 rings (SSSR count).